The second-order valence-electron chi connectivity index (χ2n) is 12.3. The molecule has 1 aliphatic carbocycles. The van der Waals surface area contributed by atoms with E-state index in [1.54, 1.807) is 0 Å². The van der Waals surface area contributed by atoms with E-state index in [1.807, 2.05) is 0 Å². The third kappa shape index (κ3) is 4.04. The number of hydrogen-bond donors (Lipinski definition) is 0. The average Bonchev–Trinajstić information content (AvgIpc) is 3.62. The largest absolute Gasteiger partial charge is 0.456 e. The maximum absolute atomic E-state index is 6.57. The van der Waals surface area contributed by atoms with E-state index in [-0.39, 0.29) is 5.41 Å². The molecular formula is C44H31NO. The lowest BCUT2D eigenvalue weighted by atomic mass is 9.74. The summed E-state index contributed by atoms with van der Waals surface area (Å²) >= 11 is 0. The zero-order valence-corrected chi connectivity index (χ0v) is 25.5. The van der Waals surface area contributed by atoms with Gasteiger partial charge >= 0.3 is 0 Å². The van der Waals surface area contributed by atoms with Gasteiger partial charge in [0.25, 0.3) is 0 Å². The predicted octanol–water partition coefficient (Wildman–Crippen LogP) is 12.1. The summed E-state index contributed by atoms with van der Waals surface area (Å²) in [5, 5.41) is 2.23. The van der Waals surface area contributed by atoms with Crippen molar-refractivity contribution < 1.29 is 4.42 Å². The number of rotatable bonds is 5. The van der Waals surface area contributed by atoms with Gasteiger partial charge in [-0.2, -0.15) is 0 Å². The van der Waals surface area contributed by atoms with Crippen LogP contribution in [0.25, 0.3) is 44.2 Å². The van der Waals surface area contributed by atoms with Crippen LogP contribution in [0, 0.1) is 0 Å². The van der Waals surface area contributed by atoms with Crippen molar-refractivity contribution in [2.24, 2.45) is 0 Å². The molecule has 46 heavy (non-hydrogen) atoms. The third-order valence-corrected chi connectivity index (χ3v) is 9.76. The fourth-order valence-corrected chi connectivity index (χ4v) is 7.44. The lowest BCUT2D eigenvalue weighted by Gasteiger charge is -2.28. The van der Waals surface area contributed by atoms with E-state index >= 15 is 0 Å². The lowest BCUT2D eigenvalue weighted by molar-refractivity contribution is 0.662. The van der Waals surface area contributed by atoms with Crippen LogP contribution in [0.2, 0.25) is 0 Å². The van der Waals surface area contributed by atoms with Crippen LogP contribution in [-0.2, 0) is 5.41 Å². The van der Waals surface area contributed by atoms with Gasteiger partial charge in [-0.1, -0.05) is 121 Å². The van der Waals surface area contributed by atoms with Crippen molar-refractivity contribution in [3.63, 3.8) is 0 Å². The molecule has 0 N–H and O–H groups in total. The summed E-state index contributed by atoms with van der Waals surface area (Å²) in [4.78, 5) is 2.31. The van der Waals surface area contributed by atoms with Gasteiger partial charge < -0.3 is 9.32 Å². The molecular weight excluding hydrogens is 558 g/mol. The van der Waals surface area contributed by atoms with Gasteiger partial charge in [-0.3, -0.25) is 0 Å². The van der Waals surface area contributed by atoms with Crippen molar-refractivity contribution in [2.75, 3.05) is 4.90 Å². The maximum Gasteiger partial charge on any atom is 0.135 e. The Bertz CT molecular complexity index is 2320. The van der Waals surface area contributed by atoms with Gasteiger partial charge in [0.15, 0.2) is 0 Å². The fraction of sp³-hybridized carbons (Fsp3) is 0.0455. The fourth-order valence-electron chi connectivity index (χ4n) is 7.44. The smallest absolute Gasteiger partial charge is 0.135 e. The van der Waals surface area contributed by atoms with Crippen LogP contribution in [0.5, 0.6) is 0 Å². The molecule has 0 unspecified atom stereocenters. The minimum absolute atomic E-state index is 0.262. The summed E-state index contributed by atoms with van der Waals surface area (Å²) < 4.78 is 6.57. The summed E-state index contributed by atoms with van der Waals surface area (Å²) in [5.74, 6) is 0. The number of benzene rings is 7. The highest BCUT2D eigenvalue weighted by Gasteiger charge is 2.40. The minimum Gasteiger partial charge on any atom is -0.456 e. The molecule has 0 bridgehead atoms. The van der Waals surface area contributed by atoms with E-state index in [9.17, 15) is 0 Å². The lowest BCUT2D eigenvalue weighted by Crippen LogP contribution is -2.22. The van der Waals surface area contributed by atoms with Crippen molar-refractivity contribution in [3.05, 3.63) is 187 Å². The molecule has 0 spiro atoms. The molecule has 7 aromatic carbocycles. The van der Waals surface area contributed by atoms with Gasteiger partial charge in [-0.05, 0) is 94.4 Å². The Labute approximate surface area is 268 Å². The molecule has 0 radical (unpaired) electrons. The number of anilines is 3. The van der Waals surface area contributed by atoms with Gasteiger partial charge in [-0.15, -0.1) is 0 Å². The molecule has 1 heterocycles. The zero-order valence-electron chi connectivity index (χ0n) is 25.5. The first-order valence-electron chi connectivity index (χ1n) is 15.9. The zero-order chi connectivity index (χ0) is 30.7. The van der Waals surface area contributed by atoms with Crippen LogP contribution in [0.15, 0.2) is 174 Å². The van der Waals surface area contributed by atoms with Crippen molar-refractivity contribution in [1.29, 1.82) is 0 Å². The first kappa shape index (κ1) is 26.5. The first-order valence-corrected chi connectivity index (χ1v) is 15.9. The van der Waals surface area contributed by atoms with Gasteiger partial charge in [0.1, 0.15) is 11.2 Å². The molecule has 1 aromatic heterocycles. The van der Waals surface area contributed by atoms with Crippen molar-refractivity contribution in [1.82, 2.24) is 0 Å². The number of nitrogens with zero attached hydrogens (tertiary/aromatic N) is 1. The molecule has 0 saturated heterocycles. The highest BCUT2D eigenvalue weighted by molar-refractivity contribution is 6.07. The molecule has 0 atom stereocenters. The van der Waals surface area contributed by atoms with E-state index in [1.165, 1.54) is 38.9 Å². The minimum atomic E-state index is -0.262. The molecule has 0 fully saturated rings. The summed E-state index contributed by atoms with van der Waals surface area (Å²) in [7, 11) is 0. The van der Waals surface area contributed by atoms with E-state index < -0.39 is 0 Å². The Kier molecular flexibility index (Phi) is 5.97. The molecule has 0 saturated carbocycles. The summed E-state index contributed by atoms with van der Waals surface area (Å²) in [6.07, 6.45) is 0. The second kappa shape index (κ2) is 10.4. The van der Waals surface area contributed by atoms with Crippen molar-refractivity contribution in [2.45, 2.75) is 12.3 Å². The van der Waals surface area contributed by atoms with E-state index in [4.69, 9.17) is 4.42 Å². The first-order chi connectivity index (χ1) is 22.7. The van der Waals surface area contributed by atoms with Gasteiger partial charge in [0, 0.05) is 33.2 Å². The summed E-state index contributed by atoms with van der Waals surface area (Å²) in [5.41, 5.74) is 13.8. The Morgan fingerprint density at radius 2 is 1.00 bits per heavy atom. The van der Waals surface area contributed by atoms with Gasteiger partial charge in [0.2, 0.25) is 0 Å². The molecule has 8 aromatic rings. The molecule has 218 valence electrons. The number of fused-ring (bicyclic) bond motifs is 6. The van der Waals surface area contributed by atoms with Crippen LogP contribution >= 0.6 is 0 Å². The maximum atomic E-state index is 6.57. The molecule has 0 amide bonds. The number of para-hydroxylation sites is 1. The van der Waals surface area contributed by atoms with Crippen molar-refractivity contribution >= 4 is 39.0 Å². The Morgan fingerprint density at radius 3 is 1.70 bits per heavy atom. The highest BCUT2D eigenvalue weighted by atomic mass is 16.3. The van der Waals surface area contributed by atoms with E-state index in [0.717, 1.165) is 39.0 Å². The Balaban J connectivity index is 1.16. The van der Waals surface area contributed by atoms with Crippen LogP contribution in [0.3, 0.4) is 0 Å². The Morgan fingerprint density at radius 1 is 0.435 bits per heavy atom. The average molecular weight is 590 g/mol. The van der Waals surface area contributed by atoms with E-state index in [2.05, 4.69) is 182 Å². The predicted molar refractivity (Wildman–Crippen MR) is 191 cm³/mol. The summed E-state index contributed by atoms with van der Waals surface area (Å²) in [6.45, 7) is 2.35. The number of hydrogen-bond acceptors (Lipinski definition) is 2. The standard InChI is InChI=1S/C44H31NO/c1-44(40-18-10-8-16-36(40)37-17-9-11-19-41(37)44)32-22-26-38-39-29-35(25-27-42(39)46-43(38)28-32)45(33-14-6-3-7-15-33)34-23-20-31(21-24-34)30-12-4-2-5-13-30/h2-29H,1H3. The monoisotopic (exact) mass is 589 g/mol. The molecule has 9 rings (SSSR count). The highest BCUT2D eigenvalue weighted by Crippen LogP contribution is 2.52. The van der Waals surface area contributed by atoms with Gasteiger partial charge in [-0.25, -0.2) is 0 Å². The van der Waals surface area contributed by atoms with Gasteiger partial charge in [0.05, 0.1) is 0 Å². The Hall–Kier alpha value is -5.86. The van der Waals surface area contributed by atoms with E-state index in [0.29, 0.717) is 0 Å². The SMILES string of the molecule is CC1(c2ccc3c(c2)oc2ccc(N(c4ccccc4)c4ccc(-c5ccccc5)cc4)cc23)c2ccccc2-c2ccccc21. The summed E-state index contributed by atoms with van der Waals surface area (Å²) in [6, 6.07) is 60.8. The van der Waals surface area contributed by atoms with Crippen LogP contribution in [0.1, 0.15) is 23.6 Å². The van der Waals surface area contributed by atoms with Crippen molar-refractivity contribution in [3.8, 4) is 22.3 Å². The third-order valence-electron chi connectivity index (χ3n) is 9.76. The second-order valence-corrected chi connectivity index (χ2v) is 12.3. The molecule has 2 nitrogen and oxygen atoms in total. The quantitative estimate of drug-likeness (QED) is 0.199. The molecule has 0 aliphatic heterocycles. The topological polar surface area (TPSA) is 16.4 Å². The van der Waals surface area contributed by atoms with Crippen LogP contribution < -0.4 is 4.90 Å². The molecule has 1 aliphatic rings. The molecule has 2 heteroatoms. The number of furan rings is 1. The normalized spacial score (nSPS) is 13.1. The van der Waals surface area contributed by atoms with Crippen LogP contribution in [0.4, 0.5) is 17.1 Å². The van der Waals surface area contributed by atoms with Crippen LogP contribution in [-0.4, -0.2) is 0 Å².